The van der Waals surface area contributed by atoms with E-state index in [1.165, 1.54) is 44.1 Å². The quantitative estimate of drug-likeness (QED) is 0.317. The molecule has 3 aliphatic rings. The Labute approximate surface area is 178 Å². The summed E-state index contributed by atoms with van der Waals surface area (Å²) in [4.78, 5) is 15.4. The van der Waals surface area contributed by atoms with Crippen molar-refractivity contribution in [2.45, 2.75) is 97.7 Å². The van der Waals surface area contributed by atoms with Crippen LogP contribution in [0.5, 0.6) is 0 Å². The summed E-state index contributed by atoms with van der Waals surface area (Å²) in [6, 6.07) is 0. The van der Waals surface area contributed by atoms with E-state index in [4.69, 9.17) is 4.74 Å². The first-order valence-corrected chi connectivity index (χ1v) is 12.2. The van der Waals surface area contributed by atoms with Gasteiger partial charge < -0.3 is 14.7 Å². The number of unbranched alkanes of at least 4 members (excludes halogenated alkanes) is 4. The number of aliphatic hydroxyl groups is 1. The van der Waals surface area contributed by atoms with Crippen LogP contribution >= 0.6 is 0 Å². The van der Waals surface area contributed by atoms with E-state index in [0.29, 0.717) is 5.92 Å². The van der Waals surface area contributed by atoms with Crippen molar-refractivity contribution in [3.8, 4) is 0 Å². The van der Waals surface area contributed by atoms with E-state index in [0.717, 1.165) is 38.9 Å². The Hall–Kier alpha value is -0.870. The Balaban J connectivity index is 1.75. The molecular weight excluding hydrogens is 362 g/mol. The van der Waals surface area contributed by atoms with Crippen LogP contribution in [0, 0.1) is 23.2 Å². The summed E-state index contributed by atoms with van der Waals surface area (Å²) in [5, 5.41) is 11.5. The summed E-state index contributed by atoms with van der Waals surface area (Å²) in [5.74, 6) is 0.112. The molecule has 0 aromatic carbocycles. The van der Waals surface area contributed by atoms with Crippen LogP contribution in [-0.2, 0) is 9.53 Å². The van der Waals surface area contributed by atoms with Crippen LogP contribution < -0.4 is 0 Å². The average molecular weight is 406 g/mol. The molecule has 2 aliphatic carbocycles. The standard InChI is InChI=1S/C25H43NO3/c1-5-7-9-14-26(15-10-8-6-2)17-20-22-21(29-24(20)28)16-19-13-11-12-18(3)25(19,4)23(22)27/h13,18,20-23,27H,5-12,14-17H2,1-4H3. The molecule has 1 saturated carbocycles. The molecule has 0 bridgehead atoms. The van der Waals surface area contributed by atoms with Gasteiger partial charge in [0.2, 0.25) is 0 Å². The summed E-state index contributed by atoms with van der Waals surface area (Å²) in [6.07, 6.45) is 11.9. The van der Waals surface area contributed by atoms with Crippen LogP contribution in [0.3, 0.4) is 0 Å². The molecule has 4 nitrogen and oxygen atoms in total. The van der Waals surface area contributed by atoms with E-state index in [2.05, 4.69) is 38.7 Å². The molecule has 1 heterocycles. The van der Waals surface area contributed by atoms with Gasteiger partial charge in [-0.1, -0.05) is 65.0 Å². The molecule has 3 rings (SSSR count). The number of nitrogens with zero attached hydrogens (tertiary/aromatic N) is 1. The second kappa shape index (κ2) is 9.96. The second-order valence-corrected chi connectivity index (χ2v) is 10.0. The van der Waals surface area contributed by atoms with Gasteiger partial charge in [-0.25, -0.2) is 0 Å². The van der Waals surface area contributed by atoms with Gasteiger partial charge in [0.05, 0.1) is 12.0 Å². The predicted octanol–water partition coefficient (Wildman–Crippen LogP) is 4.95. The zero-order valence-corrected chi connectivity index (χ0v) is 19.2. The predicted molar refractivity (Wildman–Crippen MR) is 118 cm³/mol. The monoisotopic (exact) mass is 405 g/mol. The minimum absolute atomic E-state index is 0.0648. The molecule has 1 aliphatic heterocycles. The van der Waals surface area contributed by atoms with E-state index in [1.807, 2.05) is 0 Å². The molecule has 0 amide bonds. The van der Waals surface area contributed by atoms with Gasteiger partial charge in [-0.15, -0.1) is 0 Å². The molecular formula is C25H43NO3. The number of esters is 1. The van der Waals surface area contributed by atoms with Gasteiger partial charge in [-0.3, -0.25) is 4.79 Å². The van der Waals surface area contributed by atoms with E-state index in [9.17, 15) is 9.90 Å². The van der Waals surface area contributed by atoms with Crippen molar-refractivity contribution < 1.29 is 14.6 Å². The Kier molecular flexibility index (Phi) is 7.83. The fraction of sp³-hybridized carbons (Fsp3) is 0.880. The number of aliphatic hydroxyl groups excluding tert-OH is 1. The van der Waals surface area contributed by atoms with Crippen LogP contribution in [0.2, 0.25) is 0 Å². The third-order valence-electron chi connectivity index (χ3n) is 8.18. The van der Waals surface area contributed by atoms with Crippen molar-refractivity contribution in [1.29, 1.82) is 0 Å². The Morgan fingerprint density at radius 3 is 2.45 bits per heavy atom. The molecule has 6 unspecified atom stereocenters. The van der Waals surface area contributed by atoms with E-state index < -0.39 is 6.10 Å². The first-order chi connectivity index (χ1) is 13.9. The minimum Gasteiger partial charge on any atom is -0.461 e. The molecule has 0 spiro atoms. The lowest BCUT2D eigenvalue weighted by molar-refractivity contribution is -0.145. The van der Waals surface area contributed by atoms with Gasteiger partial charge >= 0.3 is 5.97 Å². The third kappa shape index (κ3) is 4.58. The first kappa shape index (κ1) is 22.8. The van der Waals surface area contributed by atoms with Gasteiger partial charge in [0.1, 0.15) is 6.10 Å². The zero-order chi connectivity index (χ0) is 21.0. The van der Waals surface area contributed by atoms with Crippen molar-refractivity contribution in [3.63, 3.8) is 0 Å². The van der Waals surface area contributed by atoms with E-state index >= 15 is 0 Å². The van der Waals surface area contributed by atoms with Crippen molar-refractivity contribution in [3.05, 3.63) is 11.6 Å². The van der Waals surface area contributed by atoms with Gasteiger partial charge in [0.25, 0.3) is 0 Å². The molecule has 29 heavy (non-hydrogen) atoms. The molecule has 166 valence electrons. The van der Waals surface area contributed by atoms with Gasteiger partial charge in [0.15, 0.2) is 0 Å². The molecule has 1 N–H and O–H groups in total. The molecule has 6 atom stereocenters. The van der Waals surface area contributed by atoms with Crippen LogP contribution in [0.25, 0.3) is 0 Å². The van der Waals surface area contributed by atoms with Crippen LogP contribution in [0.15, 0.2) is 11.6 Å². The number of allylic oxidation sites excluding steroid dienone is 1. The molecule has 0 aromatic heterocycles. The maximum atomic E-state index is 12.9. The van der Waals surface area contributed by atoms with Crippen LogP contribution in [0.1, 0.15) is 85.5 Å². The van der Waals surface area contributed by atoms with Crippen molar-refractivity contribution in [2.24, 2.45) is 23.2 Å². The van der Waals surface area contributed by atoms with Crippen LogP contribution in [-0.4, -0.2) is 47.8 Å². The number of hydrogen-bond donors (Lipinski definition) is 1. The molecule has 0 aromatic rings. The third-order valence-corrected chi connectivity index (χ3v) is 8.18. The average Bonchev–Trinajstić information content (AvgIpc) is 3.00. The summed E-state index contributed by atoms with van der Waals surface area (Å²) >= 11 is 0. The molecule has 1 saturated heterocycles. The Bertz CT molecular complexity index is 579. The number of fused-ring (bicyclic) bond motifs is 2. The normalized spacial score (nSPS) is 36.6. The Morgan fingerprint density at radius 1 is 1.17 bits per heavy atom. The first-order valence-electron chi connectivity index (χ1n) is 12.2. The topological polar surface area (TPSA) is 49.8 Å². The highest BCUT2D eigenvalue weighted by atomic mass is 16.6. The lowest BCUT2D eigenvalue weighted by atomic mass is 9.55. The summed E-state index contributed by atoms with van der Waals surface area (Å²) in [7, 11) is 0. The molecule has 2 fully saturated rings. The van der Waals surface area contributed by atoms with Crippen LogP contribution in [0.4, 0.5) is 0 Å². The minimum atomic E-state index is -0.493. The number of rotatable bonds is 10. The van der Waals surface area contributed by atoms with Gasteiger partial charge in [0, 0.05) is 24.3 Å². The number of carbonyl (C=O) groups excluding carboxylic acids is 1. The number of carbonyl (C=O) groups is 1. The van der Waals surface area contributed by atoms with E-state index in [-0.39, 0.29) is 29.3 Å². The van der Waals surface area contributed by atoms with Gasteiger partial charge in [-0.05, 0) is 44.7 Å². The summed E-state index contributed by atoms with van der Waals surface area (Å²) in [6.45, 7) is 11.8. The highest BCUT2D eigenvalue weighted by Crippen LogP contribution is 2.56. The van der Waals surface area contributed by atoms with Gasteiger partial charge in [-0.2, -0.15) is 0 Å². The van der Waals surface area contributed by atoms with Crippen molar-refractivity contribution in [1.82, 2.24) is 4.90 Å². The number of hydrogen-bond acceptors (Lipinski definition) is 4. The van der Waals surface area contributed by atoms with Crippen molar-refractivity contribution in [2.75, 3.05) is 19.6 Å². The smallest absolute Gasteiger partial charge is 0.311 e. The summed E-state index contributed by atoms with van der Waals surface area (Å²) < 4.78 is 5.86. The maximum Gasteiger partial charge on any atom is 0.311 e. The maximum absolute atomic E-state index is 12.9. The molecule has 4 heteroatoms. The number of ether oxygens (including phenoxy) is 1. The highest BCUT2D eigenvalue weighted by Gasteiger charge is 2.59. The fourth-order valence-electron chi connectivity index (χ4n) is 6.02. The highest BCUT2D eigenvalue weighted by molar-refractivity contribution is 5.76. The SMILES string of the molecule is CCCCCN(CCCCC)CC1C(=O)OC2CC3=CCCC(C)C3(C)C(O)C21. The van der Waals surface area contributed by atoms with E-state index in [1.54, 1.807) is 0 Å². The lowest BCUT2D eigenvalue weighted by Crippen LogP contribution is -2.54. The zero-order valence-electron chi connectivity index (χ0n) is 19.2. The van der Waals surface area contributed by atoms with Crippen molar-refractivity contribution >= 4 is 5.97 Å². The second-order valence-electron chi connectivity index (χ2n) is 10.0. The lowest BCUT2D eigenvalue weighted by Gasteiger charge is -2.52. The fourth-order valence-corrected chi connectivity index (χ4v) is 6.02. The largest absolute Gasteiger partial charge is 0.461 e. The summed E-state index contributed by atoms with van der Waals surface area (Å²) in [5.41, 5.74) is 1.11. The Morgan fingerprint density at radius 2 is 1.83 bits per heavy atom. The molecule has 0 radical (unpaired) electrons.